The van der Waals surface area contributed by atoms with Crippen LogP contribution >= 0.6 is 0 Å². The van der Waals surface area contributed by atoms with Crippen LogP contribution < -0.4 is 32.4 Å². The number of likely N-dealkylation sites (N-methyl/N-ethyl adjacent to an activating group) is 4. The molecule has 6 aliphatic rings. The van der Waals surface area contributed by atoms with Gasteiger partial charge in [0.25, 0.3) is 11.8 Å². The van der Waals surface area contributed by atoms with E-state index in [1.165, 1.54) is 61.1 Å². The van der Waals surface area contributed by atoms with E-state index >= 15 is 9.59 Å². The zero-order valence-corrected chi connectivity index (χ0v) is 54.8. The van der Waals surface area contributed by atoms with E-state index in [-0.39, 0.29) is 53.9 Å². The number of cyclic esters (lactones) is 2. The molecule has 0 aromatic heterocycles. The van der Waals surface area contributed by atoms with Gasteiger partial charge >= 0.3 is 11.9 Å². The molecule has 12 atom stereocenters. The van der Waals surface area contributed by atoms with Crippen molar-refractivity contribution in [2.24, 2.45) is 23.7 Å². The summed E-state index contributed by atoms with van der Waals surface area (Å²) >= 11 is 0. The maximum Gasteiger partial charge on any atom is 0.329 e. The van der Waals surface area contributed by atoms with Crippen LogP contribution in [0.25, 0.3) is 22.6 Å². The molecule has 0 saturated carbocycles. The number of fused-ring (bicyclic) bond motifs is 4. The normalized spacial score (nSPS) is 27.5. The molecule has 10 amide bonds. The summed E-state index contributed by atoms with van der Waals surface area (Å²) in [6.45, 7) is 16.7. The summed E-state index contributed by atoms with van der Waals surface area (Å²) in [5.74, 6) is -13.8. The zero-order chi connectivity index (χ0) is 68.7. The van der Waals surface area contributed by atoms with E-state index < -0.39 is 203 Å². The van der Waals surface area contributed by atoms with Crippen molar-refractivity contribution >= 4 is 87.8 Å². The topological polar surface area (TPSA) is 400 Å². The zero-order valence-electron chi connectivity index (χ0n) is 54.8. The summed E-state index contributed by atoms with van der Waals surface area (Å²) in [5.41, 5.74) is 3.20. The SMILES string of the molecule is Cc1c2oc3c(C)ccc(C(=O)N[C@@H]4C(=O)N[C@H](C(C)C)C(=O)N5C[C@H](O)C[C@H]5C(=O)N(C)CC(=O)N(C)[C@@H](C(C)C)C(=O)O[C@@H]4C)c3nc-2c(C(=O)N[C@@H]2C(=O)N[C@H](C(C)C)C(=O)N3C[C@H](O)C[C@H]3C(=O)N(C)CC(=O)N(C)[C@@H](C(C)C)C(=O)O[C@@H]2C)c(N)c1=O. The summed E-state index contributed by atoms with van der Waals surface area (Å²) in [6.07, 6.45) is -5.89. The van der Waals surface area contributed by atoms with Crippen LogP contribution in [-0.4, -0.2) is 243 Å². The molecule has 1 aliphatic carbocycles. The van der Waals surface area contributed by atoms with Gasteiger partial charge in [-0.25, -0.2) is 14.6 Å². The average Bonchev–Trinajstić information content (AvgIpc) is 0.921. The standard InChI is InChI=1S/C62H86N12O18/c1-25(2)42-59(86)73-21-33(75)19-36(73)57(84)69(13)23-38(77)71(15)48(27(5)6)61(88)90-31(11)44(55(82)65-42)67-53(80)35-18-17-29(9)51-46(35)64-47-40(41(63)50(79)30(10)52(47)92-51)54(81)68-45-32(12)91-62(89)49(28(7)8)72(16)39(78)24-70(14)58(85)37-20-34(76)22-74(37)60(87)43(26(3)4)66-56(45)83/h17-18,25-28,31-34,36-37,42-45,48-49,75-76H,19-24,63H2,1-16H3,(H,65,82)(H,66,83)(H,67,80)(H,68,81)/t31-,32-,33-,34-,36+,37+,42-,43-,44+,45+,48+,49+/m1/s1. The van der Waals surface area contributed by atoms with E-state index in [1.54, 1.807) is 62.3 Å². The Kier molecular flexibility index (Phi) is 21.5. The molecule has 92 heavy (non-hydrogen) atoms. The van der Waals surface area contributed by atoms with Crippen molar-refractivity contribution in [1.82, 2.24) is 55.7 Å². The first-order chi connectivity index (χ1) is 42.9. The number of aliphatic hydroxyl groups is 2. The molecule has 0 bridgehead atoms. The van der Waals surface area contributed by atoms with Crippen LogP contribution in [0.1, 0.15) is 114 Å². The van der Waals surface area contributed by atoms with E-state index in [2.05, 4.69) is 21.3 Å². The number of aliphatic hydroxyl groups excluding tert-OH is 2. The Balaban J connectivity index is 1.33. The number of benzene rings is 2. The number of hydrogen-bond donors (Lipinski definition) is 7. The molecule has 1 aromatic carbocycles. The molecule has 30 nitrogen and oxygen atoms in total. The van der Waals surface area contributed by atoms with Crippen molar-refractivity contribution in [2.75, 3.05) is 60.1 Å². The predicted molar refractivity (Wildman–Crippen MR) is 328 cm³/mol. The van der Waals surface area contributed by atoms with Gasteiger partial charge in [0, 0.05) is 59.7 Å². The lowest BCUT2D eigenvalue weighted by atomic mass is 9.98. The van der Waals surface area contributed by atoms with Gasteiger partial charge in [-0.15, -0.1) is 0 Å². The van der Waals surface area contributed by atoms with Crippen LogP contribution in [-0.2, 0) is 57.4 Å². The van der Waals surface area contributed by atoms with Crippen molar-refractivity contribution in [2.45, 2.75) is 169 Å². The van der Waals surface area contributed by atoms with Crippen LogP contribution in [0.3, 0.4) is 0 Å². The maximum atomic E-state index is 15.2. The lowest BCUT2D eigenvalue weighted by Crippen LogP contribution is -2.61. The number of esters is 2. The molecule has 1 aromatic rings. The molecule has 502 valence electrons. The van der Waals surface area contributed by atoms with Gasteiger partial charge in [-0.1, -0.05) is 61.5 Å². The lowest BCUT2D eigenvalue weighted by molar-refractivity contribution is -0.163. The summed E-state index contributed by atoms with van der Waals surface area (Å²) in [4.78, 5) is 199. The number of anilines is 1. The molecule has 0 radical (unpaired) electrons. The lowest BCUT2D eigenvalue weighted by Gasteiger charge is -2.36. The number of ether oxygens (including phenoxy) is 2. The number of amides is 10. The fraction of sp³-hybridized carbons (Fsp3) is 0.613. The van der Waals surface area contributed by atoms with Crippen molar-refractivity contribution in [3.05, 3.63) is 44.6 Å². The first-order valence-electron chi connectivity index (χ1n) is 30.7. The minimum Gasteiger partial charge on any atom is -0.458 e. The molecule has 5 aliphatic heterocycles. The first kappa shape index (κ1) is 70.7. The minimum absolute atomic E-state index is 0.114. The minimum atomic E-state index is -1.95. The van der Waals surface area contributed by atoms with Crippen molar-refractivity contribution in [1.29, 1.82) is 0 Å². The van der Waals surface area contributed by atoms with Crippen LogP contribution in [0.4, 0.5) is 5.69 Å². The fourth-order valence-corrected chi connectivity index (χ4v) is 12.3. The highest BCUT2D eigenvalue weighted by atomic mass is 16.6. The maximum absolute atomic E-state index is 15.2. The van der Waals surface area contributed by atoms with Crippen molar-refractivity contribution in [3.8, 4) is 11.5 Å². The van der Waals surface area contributed by atoms with E-state index in [0.717, 1.165) is 29.4 Å². The van der Waals surface area contributed by atoms with Crippen LogP contribution in [0, 0.1) is 37.5 Å². The molecule has 0 unspecified atom stereocenters. The number of nitrogens with two attached hydrogens (primary N) is 1. The van der Waals surface area contributed by atoms with Gasteiger partial charge in [0.15, 0.2) is 11.3 Å². The van der Waals surface area contributed by atoms with Crippen molar-refractivity contribution in [3.63, 3.8) is 0 Å². The second-order valence-electron chi connectivity index (χ2n) is 26.0. The monoisotopic (exact) mass is 1290 g/mol. The van der Waals surface area contributed by atoms with Gasteiger partial charge in [0.2, 0.25) is 52.7 Å². The third-order valence-electron chi connectivity index (χ3n) is 17.6. The summed E-state index contributed by atoms with van der Waals surface area (Å²) in [6, 6.07) is -9.03. The van der Waals surface area contributed by atoms with Crippen LogP contribution in [0.2, 0.25) is 0 Å². The Morgan fingerprint density at radius 2 is 1.03 bits per heavy atom. The van der Waals surface area contributed by atoms with Crippen LogP contribution in [0.15, 0.2) is 21.3 Å². The highest BCUT2D eigenvalue weighted by Crippen LogP contribution is 2.35. The Labute approximate surface area is 531 Å². The number of carbonyl (C=O) groups is 12. The Morgan fingerprint density at radius 1 is 0.620 bits per heavy atom. The van der Waals surface area contributed by atoms with Gasteiger partial charge in [-0.05, 0) is 63.0 Å². The number of rotatable bonds is 8. The molecule has 7 rings (SSSR count). The smallest absolute Gasteiger partial charge is 0.329 e. The number of nitrogen functional groups attached to an aromatic ring is 1. The predicted octanol–water partition coefficient (Wildman–Crippen LogP) is -1.33. The second kappa shape index (κ2) is 28.0. The molecule has 5 heterocycles. The van der Waals surface area contributed by atoms with E-state index in [1.807, 2.05) is 0 Å². The first-order valence-corrected chi connectivity index (χ1v) is 30.7. The Morgan fingerprint density at radius 3 is 1.43 bits per heavy atom. The Hall–Kier alpha value is -8.80. The summed E-state index contributed by atoms with van der Waals surface area (Å²) in [5, 5.41) is 32.1. The second-order valence-corrected chi connectivity index (χ2v) is 26.0. The highest BCUT2D eigenvalue weighted by molar-refractivity contribution is 6.10. The molecule has 8 N–H and O–H groups in total. The van der Waals surface area contributed by atoms with Crippen LogP contribution in [0.5, 0.6) is 0 Å². The highest BCUT2D eigenvalue weighted by Gasteiger charge is 2.48. The number of nitrogens with one attached hydrogen (secondary N) is 4. The molecule has 30 heteroatoms. The largest absolute Gasteiger partial charge is 0.458 e. The number of aromatic nitrogens is 1. The van der Waals surface area contributed by atoms with Crippen molar-refractivity contribution < 1.29 is 81.6 Å². The van der Waals surface area contributed by atoms with Gasteiger partial charge < -0.3 is 80.5 Å². The van der Waals surface area contributed by atoms with E-state index in [0.29, 0.717) is 5.56 Å². The average molecular weight is 1290 g/mol. The molecular formula is C62H86N12O18. The van der Waals surface area contributed by atoms with Gasteiger partial charge in [0.1, 0.15) is 71.8 Å². The molecule has 0 spiro atoms. The van der Waals surface area contributed by atoms with Gasteiger partial charge in [0.05, 0.1) is 42.1 Å². The van der Waals surface area contributed by atoms with E-state index in [4.69, 9.17) is 24.6 Å². The number of nitrogens with zero attached hydrogens (tertiary/aromatic N) is 7. The fourth-order valence-electron chi connectivity index (χ4n) is 12.3. The third-order valence-corrected chi connectivity index (χ3v) is 17.6. The number of carbonyl (C=O) groups excluding carboxylic acids is 12. The van der Waals surface area contributed by atoms with Gasteiger partial charge in [-0.3, -0.25) is 52.7 Å². The Bertz CT molecular complexity index is 3500. The third kappa shape index (κ3) is 14.1. The number of hydrogen-bond acceptors (Lipinski definition) is 20. The summed E-state index contributed by atoms with van der Waals surface area (Å²) in [7, 11) is 5.33. The number of aryl methyl sites for hydroxylation is 1. The molecular weight excluding hydrogens is 1200 g/mol. The van der Waals surface area contributed by atoms with E-state index in [9.17, 15) is 63.0 Å². The van der Waals surface area contributed by atoms with Gasteiger partial charge in [-0.2, -0.15) is 0 Å². The quantitative estimate of drug-likeness (QED) is 0.0780. The molecule has 4 saturated heterocycles. The summed E-state index contributed by atoms with van der Waals surface area (Å²) < 4.78 is 18.2. The molecule has 4 fully saturated rings.